The highest BCUT2D eigenvalue weighted by Crippen LogP contribution is 2.23. The van der Waals surface area contributed by atoms with Crippen LogP contribution in [0.25, 0.3) is 5.70 Å². The van der Waals surface area contributed by atoms with Gasteiger partial charge in [0.25, 0.3) is 0 Å². The number of hydrazone groups is 1. The predicted octanol–water partition coefficient (Wildman–Crippen LogP) is 1.56. The van der Waals surface area contributed by atoms with Gasteiger partial charge in [-0.2, -0.15) is 5.10 Å². The number of aromatic carboxylic acids is 1. The van der Waals surface area contributed by atoms with Crippen molar-refractivity contribution >= 4 is 30.3 Å². The second-order valence-electron chi connectivity index (χ2n) is 6.83. The molecule has 176 valence electrons. The van der Waals surface area contributed by atoms with E-state index in [-0.39, 0.29) is 23.5 Å². The number of nitrogens with one attached hydrogen (secondary N) is 1. The molecule has 0 amide bonds. The van der Waals surface area contributed by atoms with Gasteiger partial charge in [-0.25, -0.2) is 4.79 Å². The molecule has 1 aromatic rings. The van der Waals surface area contributed by atoms with E-state index < -0.39 is 5.97 Å². The van der Waals surface area contributed by atoms with Crippen LogP contribution in [0.3, 0.4) is 0 Å². The highest BCUT2D eigenvalue weighted by molar-refractivity contribution is 5.98. The first-order valence-corrected chi connectivity index (χ1v) is 9.89. The Hall–Kier alpha value is -4.31. The quantitative estimate of drug-likeness (QED) is 0.119. The number of hydrogen-bond donors (Lipinski definition) is 6. The van der Waals surface area contributed by atoms with Gasteiger partial charge in [0.2, 0.25) is 0 Å². The topological polar surface area (TPSA) is 181 Å². The van der Waals surface area contributed by atoms with Crippen molar-refractivity contribution in [1.29, 1.82) is 0 Å². The van der Waals surface area contributed by atoms with Gasteiger partial charge in [0.05, 0.1) is 17.8 Å². The van der Waals surface area contributed by atoms with Gasteiger partial charge >= 0.3 is 5.97 Å². The van der Waals surface area contributed by atoms with Crippen molar-refractivity contribution in [3.05, 3.63) is 83.0 Å². The SMILES string of the molecule is C=NN(/C=C(\N)c1cc(C(=O)O)cc(N)c1/C=N\C)C/C(N)=C/NC(=C)/C=C\C(=C/C)CN. The number of aliphatic imine (C=N–C) groups is 1. The van der Waals surface area contributed by atoms with Gasteiger partial charge in [-0.15, -0.1) is 0 Å². The molecule has 0 aliphatic heterocycles. The van der Waals surface area contributed by atoms with Crippen molar-refractivity contribution in [3.63, 3.8) is 0 Å². The van der Waals surface area contributed by atoms with E-state index in [1.807, 2.05) is 19.1 Å². The van der Waals surface area contributed by atoms with E-state index in [9.17, 15) is 9.90 Å². The number of allylic oxidation sites excluding steroid dienone is 2. The van der Waals surface area contributed by atoms with Crippen molar-refractivity contribution in [2.24, 2.45) is 27.3 Å². The maximum Gasteiger partial charge on any atom is 0.335 e. The van der Waals surface area contributed by atoms with E-state index in [2.05, 4.69) is 28.7 Å². The molecule has 0 aliphatic rings. The van der Waals surface area contributed by atoms with Gasteiger partial charge in [0, 0.05) is 67.1 Å². The van der Waals surface area contributed by atoms with Gasteiger partial charge in [0.15, 0.2) is 0 Å². The van der Waals surface area contributed by atoms with Gasteiger partial charge in [0.1, 0.15) is 0 Å². The van der Waals surface area contributed by atoms with Crippen LogP contribution in [0.15, 0.2) is 76.4 Å². The third kappa shape index (κ3) is 8.38. The fraction of sp³-hybridized carbons (Fsp3) is 0.174. The lowest BCUT2D eigenvalue weighted by atomic mass is 10.00. The Bertz CT molecular complexity index is 1040. The molecule has 0 bridgehead atoms. The fourth-order valence-electron chi connectivity index (χ4n) is 2.63. The number of carbonyl (C=O) groups is 1. The Morgan fingerprint density at radius 3 is 2.55 bits per heavy atom. The number of carboxylic acid groups (broad SMARTS) is 1. The van der Waals surface area contributed by atoms with Crippen LogP contribution < -0.4 is 28.3 Å². The van der Waals surface area contributed by atoms with Gasteiger partial charge in [-0.05, 0) is 30.7 Å². The van der Waals surface area contributed by atoms with E-state index in [1.165, 1.54) is 29.6 Å². The first-order valence-electron chi connectivity index (χ1n) is 9.89. The Morgan fingerprint density at radius 1 is 1.30 bits per heavy atom. The summed E-state index contributed by atoms with van der Waals surface area (Å²) in [6.45, 7) is 9.91. The van der Waals surface area contributed by atoms with Crippen LogP contribution in [0.2, 0.25) is 0 Å². The van der Waals surface area contributed by atoms with Crippen LogP contribution in [0.4, 0.5) is 5.69 Å². The molecule has 1 rings (SSSR count). The maximum atomic E-state index is 11.4. The van der Waals surface area contributed by atoms with Crippen molar-refractivity contribution in [2.45, 2.75) is 6.92 Å². The molecular formula is C23H32N8O2. The average molecular weight is 453 g/mol. The number of nitrogens with zero attached hydrogens (tertiary/aromatic N) is 3. The van der Waals surface area contributed by atoms with Crippen molar-refractivity contribution in [1.82, 2.24) is 10.3 Å². The summed E-state index contributed by atoms with van der Waals surface area (Å²) >= 11 is 0. The second-order valence-corrected chi connectivity index (χ2v) is 6.83. The van der Waals surface area contributed by atoms with Crippen molar-refractivity contribution in [2.75, 3.05) is 25.9 Å². The van der Waals surface area contributed by atoms with Crippen LogP contribution in [0.5, 0.6) is 0 Å². The van der Waals surface area contributed by atoms with Gasteiger partial charge in [-0.1, -0.05) is 18.7 Å². The average Bonchev–Trinajstić information content (AvgIpc) is 2.78. The molecule has 0 saturated heterocycles. The van der Waals surface area contributed by atoms with E-state index in [0.29, 0.717) is 29.1 Å². The predicted molar refractivity (Wildman–Crippen MR) is 136 cm³/mol. The zero-order chi connectivity index (χ0) is 25.0. The molecule has 0 atom stereocenters. The Morgan fingerprint density at radius 2 is 2.00 bits per heavy atom. The highest BCUT2D eigenvalue weighted by Gasteiger charge is 2.14. The lowest BCUT2D eigenvalue weighted by molar-refractivity contribution is 0.0697. The lowest BCUT2D eigenvalue weighted by Crippen LogP contribution is -2.21. The summed E-state index contributed by atoms with van der Waals surface area (Å²) in [4.78, 5) is 15.4. The summed E-state index contributed by atoms with van der Waals surface area (Å²) in [5, 5.41) is 17.6. The molecule has 0 saturated carbocycles. The summed E-state index contributed by atoms with van der Waals surface area (Å²) in [6.07, 6.45) is 10.1. The van der Waals surface area contributed by atoms with Gasteiger partial charge in [-0.3, -0.25) is 10.0 Å². The normalized spacial score (nSPS) is 12.9. The molecule has 0 aliphatic carbocycles. The summed E-state index contributed by atoms with van der Waals surface area (Å²) in [6, 6.07) is 2.76. The van der Waals surface area contributed by atoms with E-state index in [4.69, 9.17) is 22.9 Å². The molecule has 0 unspecified atom stereocenters. The molecule has 0 spiro atoms. The first-order chi connectivity index (χ1) is 15.7. The third-order valence-electron chi connectivity index (χ3n) is 4.39. The molecule has 0 radical (unpaired) electrons. The van der Waals surface area contributed by atoms with E-state index in [0.717, 1.165) is 5.57 Å². The monoisotopic (exact) mass is 452 g/mol. The van der Waals surface area contributed by atoms with Crippen molar-refractivity contribution < 1.29 is 9.90 Å². The molecule has 1 aromatic carbocycles. The number of benzene rings is 1. The third-order valence-corrected chi connectivity index (χ3v) is 4.39. The van der Waals surface area contributed by atoms with E-state index >= 15 is 0 Å². The highest BCUT2D eigenvalue weighted by atomic mass is 16.4. The summed E-state index contributed by atoms with van der Waals surface area (Å²) in [5.74, 6) is -1.13. The molecule has 0 heterocycles. The zero-order valence-corrected chi connectivity index (χ0v) is 19.0. The summed E-state index contributed by atoms with van der Waals surface area (Å²) < 4.78 is 0. The lowest BCUT2D eigenvalue weighted by Gasteiger charge is -2.17. The van der Waals surface area contributed by atoms with Crippen LogP contribution in [-0.4, -0.2) is 49.2 Å². The maximum absolute atomic E-state index is 11.4. The smallest absolute Gasteiger partial charge is 0.335 e. The molecule has 0 aromatic heterocycles. The standard InChI is InChI=1S/C23H32N8O2/c1-5-16(10-24)7-6-15(2)30-11-18(25)13-31(29-4)14-22(27)19-8-17(23(32)33)9-21(26)20(19)12-28-3/h5-9,11-12,14,30H,2,4,10,13,24-27H2,1,3H3,(H,32,33)/b7-6-,16-5+,18-11-,22-14-,28-12-. The Labute approximate surface area is 194 Å². The largest absolute Gasteiger partial charge is 0.478 e. The Kier molecular flexibility index (Phi) is 10.7. The number of rotatable bonds is 12. The summed E-state index contributed by atoms with van der Waals surface area (Å²) in [5.41, 5.74) is 27.3. The fourth-order valence-corrected chi connectivity index (χ4v) is 2.63. The minimum absolute atomic E-state index is 0.00361. The molecule has 10 heteroatoms. The molecule has 10 nitrogen and oxygen atoms in total. The number of hydrogen-bond acceptors (Lipinski definition) is 9. The van der Waals surface area contributed by atoms with Crippen LogP contribution in [0, 0.1) is 0 Å². The first kappa shape index (κ1) is 26.7. The molecular weight excluding hydrogens is 420 g/mol. The number of carboxylic acids is 1. The Balaban J connectivity index is 3.08. The molecule has 33 heavy (non-hydrogen) atoms. The number of nitrogens with two attached hydrogens (primary N) is 4. The van der Waals surface area contributed by atoms with Crippen molar-refractivity contribution in [3.8, 4) is 0 Å². The minimum atomic E-state index is -1.13. The molecule has 0 fully saturated rings. The second kappa shape index (κ2) is 13.2. The van der Waals surface area contributed by atoms with Crippen LogP contribution in [0.1, 0.15) is 28.4 Å². The van der Waals surface area contributed by atoms with E-state index in [1.54, 1.807) is 19.3 Å². The minimum Gasteiger partial charge on any atom is -0.478 e. The van der Waals surface area contributed by atoms with Gasteiger partial charge < -0.3 is 33.4 Å². The zero-order valence-electron chi connectivity index (χ0n) is 19.0. The molecule has 10 N–H and O–H groups in total. The number of nitrogen functional groups attached to an aromatic ring is 1. The number of anilines is 1. The van der Waals surface area contributed by atoms with Crippen LogP contribution in [-0.2, 0) is 0 Å². The summed E-state index contributed by atoms with van der Waals surface area (Å²) in [7, 11) is 1.57. The van der Waals surface area contributed by atoms with Crippen LogP contribution >= 0.6 is 0 Å².